The molecule has 0 bridgehead atoms. The van der Waals surface area contributed by atoms with Crippen LogP contribution in [-0.4, -0.2) is 38.0 Å². The number of aromatic nitrogens is 1. The average molecular weight is 305 g/mol. The second-order valence-corrected chi connectivity index (χ2v) is 5.73. The summed E-state index contributed by atoms with van der Waals surface area (Å²) in [5.41, 5.74) is 1.96. The molecule has 1 aromatic carbocycles. The van der Waals surface area contributed by atoms with Crippen molar-refractivity contribution in [3.63, 3.8) is 0 Å². The first kappa shape index (κ1) is 14.4. The Hall–Kier alpha value is -1.57. The topological polar surface area (TPSA) is 60.8 Å². The summed E-state index contributed by atoms with van der Waals surface area (Å²) in [5.74, 6) is 1.56. The first-order valence-electron chi connectivity index (χ1n) is 6.68. The van der Waals surface area contributed by atoms with E-state index in [1.54, 1.807) is 25.6 Å². The summed E-state index contributed by atoms with van der Waals surface area (Å²) in [5, 5.41) is 12.4. The SMILES string of the molecule is COc1ccc(-c2nc([C@H]3COB(O)C3)cs2)cc1OC. The summed E-state index contributed by atoms with van der Waals surface area (Å²) >= 11 is 1.58. The Kier molecular flexibility index (Phi) is 4.14. The van der Waals surface area contributed by atoms with Crippen molar-refractivity contribution in [2.75, 3.05) is 20.8 Å². The van der Waals surface area contributed by atoms with Crippen LogP contribution in [0.15, 0.2) is 23.6 Å². The van der Waals surface area contributed by atoms with Crippen LogP contribution in [0.5, 0.6) is 11.5 Å². The maximum Gasteiger partial charge on any atom is 0.454 e. The molecule has 1 fully saturated rings. The Bertz CT molecular complexity index is 633. The minimum atomic E-state index is -0.666. The standard InChI is InChI=1S/C14H16BNO4S/c1-18-12-4-3-9(5-13(12)19-2)14-16-11(8-21-14)10-6-15(17)20-7-10/h3-5,8,10,17H,6-7H2,1-2H3/t10-/m1/s1. The third kappa shape index (κ3) is 2.90. The molecule has 1 saturated heterocycles. The predicted octanol–water partition coefficient (Wildman–Crippen LogP) is 2.42. The Morgan fingerprint density at radius 3 is 2.81 bits per heavy atom. The van der Waals surface area contributed by atoms with Gasteiger partial charge in [-0.1, -0.05) is 0 Å². The van der Waals surface area contributed by atoms with Crippen molar-refractivity contribution >= 4 is 18.5 Å². The van der Waals surface area contributed by atoms with Gasteiger partial charge in [0.05, 0.1) is 19.9 Å². The van der Waals surface area contributed by atoms with E-state index >= 15 is 0 Å². The lowest BCUT2D eigenvalue weighted by molar-refractivity contribution is 0.291. The predicted molar refractivity (Wildman–Crippen MR) is 82.1 cm³/mol. The molecular formula is C14H16BNO4S. The van der Waals surface area contributed by atoms with E-state index in [9.17, 15) is 5.02 Å². The van der Waals surface area contributed by atoms with Gasteiger partial charge in [-0.3, -0.25) is 0 Å². The van der Waals surface area contributed by atoms with Gasteiger partial charge in [0.2, 0.25) is 0 Å². The zero-order chi connectivity index (χ0) is 14.8. The van der Waals surface area contributed by atoms with E-state index in [4.69, 9.17) is 14.1 Å². The number of benzene rings is 1. The third-order valence-electron chi connectivity index (χ3n) is 3.55. The number of nitrogens with zero attached hydrogens (tertiary/aromatic N) is 1. The lowest BCUT2D eigenvalue weighted by Crippen LogP contribution is -2.07. The molecule has 0 spiro atoms. The first-order chi connectivity index (χ1) is 10.2. The Labute approximate surface area is 127 Å². The van der Waals surface area contributed by atoms with Crippen LogP contribution in [0.25, 0.3) is 10.6 Å². The van der Waals surface area contributed by atoms with Crippen LogP contribution in [0.2, 0.25) is 6.32 Å². The number of methoxy groups -OCH3 is 2. The molecule has 1 N–H and O–H groups in total. The normalized spacial score (nSPS) is 18.0. The molecule has 0 amide bonds. The number of hydrogen-bond donors (Lipinski definition) is 1. The van der Waals surface area contributed by atoms with Gasteiger partial charge >= 0.3 is 7.12 Å². The fraction of sp³-hybridized carbons (Fsp3) is 0.357. The van der Waals surface area contributed by atoms with E-state index in [1.165, 1.54) is 0 Å². The summed E-state index contributed by atoms with van der Waals surface area (Å²) in [6, 6.07) is 5.75. The molecule has 0 aliphatic carbocycles. The van der Waals surface area contributed by atoms with E-state index in [1.807, 2.05) is 23.6 Å². The van der Waals surface area contributed by atoms with Crippen molar-refractivity contribution < 1.29 is 19.2 Å². The lowest BCUT2D eigenvalue weighted by atomic mass is 9.81. The van der Waals surface area contributed by atoms with Gasteiger partial charge < -0.3 is 19.2 Å². The maximum atomic E-state index is 9.43. The van der Waals surface area contributed by atoms with Gasteiger partial charge in [0.1, 0.15) is 5.01 Å². The number of ether oxygens (including phenoxy) is 2. The van der Waals surface area contributed by atoms with E-state index in [0.29, 0.717) is 24.4 Å². The highest BCUT2D eigenvalue weighted by Gasteiger charge is 2.31. The molecule has 2 heterocycles. The molecule has 2 aromatic rings. The quantitative estimate of drug-likeness (QED) is 0.879. The van der Waals surface area contributed by atoms with Gasteiger partial charge in [0.25, 0.3) is 0 Å². The van der Waals surface area contributed by atoms with Crippen molar-refractivity contribution in [3.8, 4) is 22.1 Å². The average Bonchev–Trinajstić information content (AvgIpc) is 3.15. The molecule has 0 unspecified atom stereocenters. The molecule has 0 radical (unpaired) electrons. The van der Waals surface area contributed by atoms with E-state index < -0.39 is 7.12 Å². The van der Waals surface area contributed by atoms with Crippen LogP contribution in [0, 0.1) is 0 Å². The zero-order valence-electron chi connectivity index (χ0n) is 11.9. The first-order valence-corrected chi connectivity index (χ1v) is 7.56. The molecule has 1 aromatic heterocycles. The van der Waals surface area contributed by atoms with Crippen LogP contribution in [-0.2, 0) is 4.65 Å². The van der Waals surface area contributed by atoms with Gasteiger partial charge in [-0.2, -0.15) is 0 Å². The monoisotopic (exact) mass is 305 g/mol. The van der Waals surface area contributed by atoms with Gasteiger partial charge in [0.15, 0.2) is 11.5 Å². The smallest absolute Gasteiger partial charge is 0.454 e. The summed E-state index contributed by atoms with van der Waals surface area (Å²) < 4.78 is 15.7. The molecule has 5 nitrogen and oxygen atoms in total. The van der Waals surface area contributed by atoms with Gasteiger partial charge in [-0.25, -0.2) is 4.98 Å². The summed E-state index contributed by atoms with van der Waals surface area (Å²) in [6.45, 7) is 0.524. The van der Waals surface area contributed by atoms with Crippen LogP contribution in [0.1, 0.15) is 11.6 Å². The molecule has 0 saturated carbocycles. The van der Waals surface area contributed by atoms with Gasteiger partial charge in [0, 0.05) is 23.5 Å². The summed E-state index contributed by atoms with van der Waals surface area (Å²) in [6.07, 6.45) is 0.606. The minimum absolute atomic E-state index is 0.171. The molecule has 1 atom stereocenters. The zero-order valence-corrected chi connectivity index (χ0v) is 12.7. The van der Waals surface area contributed by atoms with Crippen molar-refractivity contribution in [3.05, 3.63) is 29.3 Å². The highest BCUT2D eigenvalue weighted by atomic mass is 32.1. The highest BCUT2D eigenvalue weighted by Crippen LogP contribution is 2.36. The second kappa shape index (κ2) is 6.05. The number of rotatable bonds is 4. The van der Waals surface area contributed by atoms with Crippen molar-refractivity contribution in [2.45, 2.75) is 12.2 Å². The lowest BCUT2D eigenvalue weighted by Gasteiger charge is -2.08. The van der Waals surface area contributed by atoms with E-state index in [0.717, 1.165) is 16.3 Å². The Morgan fingerprint density at radius 1 is 1.33 bits per heavy atom. The van der Waals surface area contributed by atoms with E-state index in [2.05, 4.69) is 4.98 Å². The fourth-order valence-electron chi connectivity index (χ4n) is 2.39. The Morgan fingerprint density at radius 2 is 2.14 bits per heavy atom. The number of hydrogen-bond acceptors (Lipinski definition) is 6. The summed E-state index contributed by atoms with van der Waals surface area (Å²) in [4.78, 5) is 4.66. The summed E-state index contributed by atoms with van der Waals surface area (Å²) in [7, 11) is 2.57. The minimum Gasteiger partial charge on any atom is -0.493 e. The molecule has 110 valence electrons. The molecule has 3 rings (SSSR count). The van der Waals surface area contributed by atoms with Crippen molar-refractivity contribution in [1.29, 1.82) is 0 Å². The van der Waals surface area contributed by atoms with Crippen LogP contribution >= 0.6 is 11.3 Å². The van der Waals surface area contributed by atoms with Crippen LogP contribution in [0.3, 0.4) is 0 Å². The largest absolute Gasteiger partial charge is 0.493 e. The maximum absolute atomic E-state index is 9.43. The number of thiazole rings is 1. The second-order valence-electron chi connectivity index (χ2n) is 4.87. The molecular weight excluding hydrogens is 289 g/mol. The van der Waals surface area contributed by atoms with Gasteiger partial charge in [-0.15, -0.1) is 11.3 Å². The van der Waals surface area contributed by atoms with Crippen LogP contribution in [0.4, 0.5) is 0 Å². The van der Waals surface area contributed by atoms with Crippen molar-refractivity contribution in [1.82, 2.24) is 4.98 Å². The molecule has 7 heteroatoms. The highest BCUT2D eigenvalue weighted by molar-refractivity contribution is 7.13. The van der Waals surface area contributed by atoms with E-state index in [-0.39, 0.29) is 5.92 Å². The van der Waals surface area contributed by atoms with Crippen molar-refractivity contribution in [2.24, 2.45) is 0 Å². The van der Waals surface area contributed by atoms with Crippen LogP contribution < -0.4 is 9.47 Å². The molecule has 1 aliphatic heterocycles. The Balaban J connectivity index is 1.86. The molecule has 1 aliphatic rings. The third-order valence-corrected chi connectivity index (χ3v) is 4.46. The fourth-order valence-corrected chi connectivity index (χ4v) is 3.29. The van der Waals surface area contributed by atoms with Gasteiger partial charge in [-0.05, 0) is 24.5 Å². The molecule has 21 heavy (non-hydrogen) atoms.